The second-order valence-corrected chi connectivity index (χ2v) is 10.8. The summed E-state index contributed by atoms with van der Waals surface area (Å²) in [5.74, 6) is -3.62. The number of aromatic amines is 1. The molecule has 0 saturated heterocycles. The summed E-state index contributed by atoms with van der Waals surface area (Å²) >= 11 is 1.45. The summed E-state index contributed by atoms with van der Waals surface area (Å²) in [6.45, 7) is 3.53. The Morgan fingerprint density at radius 1 is 1.00 bits per heavy atom. The predicted octanol–water partition coefficient (Wildman–Crippen LogP) is 0.641. The lowest BCUT2D eigenvalue weighted by atomic mass is 9.98. The molecular formula is C27H40N6O6S. The van der Waals surface area contributed by atoms with Crippen molar-refractivity contribution in [2.24, 2.45) is 17.4 Å². The van der Waals surface area contributed by atoms with E-state index in [1.807, 2.05) is 37.4 Å². The summed E-state index contributed by atoms with van der Waals surface area (Å²) in [5.41, 5.74) is 13.2. The first-order chi connectivity index (χ1) is 19.0. The van der Waals surface area contributed by atoms with Crippen LogP contribution in [0.25, 0.3) is 10.9 Å². The lowest BCUT2D eigenvalue weighted by molar-refractivity contribution is -0.143. The zero-order chi connectivity index (χ0) is 29.8. The second-order valence-electron chi connectivity index (χ2n) is 9.79. The molecule has 5 unspecified atom stereocenters. The van der Waals surface area contributed by atoms with Gasteiger partial charge in [-0.05, 0) is 48.8 Å². The molecule has 5 atom stereocenters. The van der Waals surface area contributed by atoms with Crippen molar-refractivity contribution in [1.82, 2.24) is 20.9 Å². The van der Waals surface area contributed by atoms with Crippen LogP contribution in [0, 0.1) is 5.92 Å². The number of hydrogen-bond acceptors (Lipinski definition) is 7. The number of carbonyl (C=O) groups excluding carboxylic acids is 4. The smallest absolute Gasteiger partial charge is 0.326 e. The highest BCUT2D eigenvalue weighted by Crippen LogP contribution is 2.19. The highest BCUT2D eigenvalue weighted by atomic mass is 32.2. The van der Waals surface area contributed by atoms with Gasteiger partial charge < -0.3 is 37.5 Å². The number of H-pyrrole nitrogens is 1. The first-order valence-electron chi connectivity index (χ1n) is 13.2. The number of carboxylic acid groups (broad SMARTS) is 1. The molecule has 2 rings (SSSR count). The summed E-state index contributed by atoms with van der Waals surface area (Å²) in [6, 6.07) is 3.20. The zero-order valence-electron chi connectivity index (χ0n) is 23.1. The number of hydrogen-bond donors (Lipinski definition) is 7. The number of fused-ring (bicyclic) bond motifs is 1. The third-order valence-corrected chi connectivity index (χ3v) is 7.43. The number of carbonyl (C=O) groups is 5. The summed E-state index contributed by atoms with van der Waals surface area (Å²) in [6.07, 6.45) is 4.27. The van der Waals surface area contributed by atoms with Gasteiger partial charge >= 0.3 is 5.97 Å². The van der Waals surface area contributed by atoms with Crippen LogP contribution in [-0.4, -0.2) is 75.9 Å². The van der Waals surface area contributed by atoms with Crippen LogP contribution in [0.15, 0.2) is 30.5 Å². The van der Waals surface area contributed by atoms with Gasteiger partial charge in [-0.1, -0.05) is 38.5 Å². The number of benzene rings is 1. The van der Waals surface area contributed by atoms with Gasteiger partial charge in [0.2, 0.25) is 23.6 Å². The van der Waals surface area contributed by atoms with Crippen LogP contribution in [0.5, 0.6) is 0 Å². The number of thioether (sulfide) groups is 1. The van der Waals surface area contributed by atoms with Crippen LogP contribution in [0.4, 0.5) is 0 Å². The molecule has 1 heterocycles. The molecule has 12 nitrogen and oxygen atoms in total. The summed E-state index contributed by atoms with van der Waals surface area (Å²) in [7, 11) is 0. The molecule has 0 saturated carbocycles. The Morgan fingerprint density at radius 3 is 2.25 bits per heavy atom. The number of carboxylic acids is 1. The minimum atomic E-state index is -1.19. The normalized spacial score (nSPS) is 14.9. The van der Waals surface area contributed by atoms with Crippen LogP contribution in [-0.2, 0) is 30.4 Å². The van der Waals surface area contributed by atoms with Crippen molar-refractivity contribution in [2.75, 3.05) is 12.0 Å². The maximum Gasteiger partial charge on any atom is 0.326 e. The van der Waals surface area contributed by atoms with E-state index in [0.717, 1.165) is 16.5 Å². The number of primary amides is 1. The van der Waals surface area contributed by atoms with Crippen LogP contribution in [0.2, 0.25) is 0 Å². The molecule has 220 valence electrons. The van der Waals surface area contributed by atoms with Gasteiger partial charge in [-0.25, -0.2) is 4.79 Å². The standard InChI is InChI=1S/C27H40N6O6S/c1-4-15(2)23(27(38)39)33-26(37)21(11-12-40-3)32-25(36)20(9-10-22(29)34)31-24(35)18(28)13-16-14-30-19-8-6-5-7-17(16)19/h5-8,14-15,18,20-21,23,30H,4,9-13,28H2,1-3H3,(H2,29,34)(H,31,35)(H,32,36)(H,33,37)(H,38,39). The molecule has 4 amide bonds. The number of aliphatic carboxylic acids is 1. The molecule has 0 bridgehead atoms. The highest BCUT2D eigenvalue weighted by Gasteiger charge is 2.32. The number of nitrogens with two attached hydrogens (primary N) is 2. The molecule has 13 heteroatoms. The average Bonchev–Trinajstić information content (AvgIpc) is 3.33. The molecule has 1 aromatic heterocycles. The largest absolute Gasteiger partial charge is 0.480 e. The Kier molecular flexibility index (Phi) is 12.9. The third-order valence-electron chi connectivity index (χ3n) is 6.78. The minimum absolute atomic E-state index is 0.103. The van der Waals surface area contributed by atoms with E-state index in [0.29, 0.717) is 12.2 Å². The number of para-hydroxylation sites is 1. The molecule has 0 aliphatic heterocycles. The molecule has 9 N–H and O–H groups in total. The summed E-state index contributed by atoms with van der Waals surface area (Å²) < 4.78 is 0. The van der Waals surface area contributed by atoms with Crippen LogP contribution in [0.1, 0.15) is 45.1 Å². The molecule has 40 heavy (non-hydrogen) atoms. The number of aromatic nitrogens is 1. The van der Waals surface area contributed by atoms with Crippen LogP contribution >= 0.6 is 11.8 Å². The Hall–Kier alpha value is -3.58. The fourth-order valence-electron chi connectivity index (χ4n) is 4.18. The number of rotatable bonds is 17. The Morgan fingerprint density at radius 2 is 1.62 bits per heavy atom. The molecular weight excluding hydrogens is 536 g/mol. The maximum atomic E-state index is 13.3. The molecule has 1 aromatic carbocycles. The van der Waals surface area contributed by atoms with Crippen LogP contribution < -0.4 is 27.4 Å². The van der Waals surface area contributed by atoms with E-state index in [-0.39, 0.29) is 31.6 Å². The van der Waals surface area contributed by atoms with Gasteiger partial charge in [-0.15, -0.1) is 0 Å². The monoisotopic (exact) mass is 576 g/mol. The first-order valence-corrected chi connectivity index (χ1v) is 14.6. The van der Waals surface area contributed by atoms with Crippen LogP contribution in [0.3, 0.4) is 0 Å². The van der Waals surface area contributed by atoms with Crippen molar-refractivity contribution in [3.8, 4) is 0 Å². The van der Waals surface area contributed by atoms with E-state index in [2.05, 4.69) is 20.9 Å². The fourth-order valence-corrected chi connectivity index (χ4v) is 4.65. The van der Waals surface area contributed by atoms with E-state index in [1.165, 1.54) is 11.8 Å². The van der Waals surface area contributed by atoms with E-state index < -0.39 is 53.8 Å². The van der Waals surface area contributed by atoms with E-state index >= 15 is 0 Å². The molecule has 0 aliphatic rings. The summed E-state index contributed by atoms with van der Waals surface area (Å²) in [4.78, 5) is 65.6. The second kappa shape index (κ2) is 15.9. The van der Waals surface area contributed by atoms with Gasteiger partial charge in [0, 0.05) is 23.5 Å². The molecule has 0 fully saturated rings. The van der Waals surface area contributed by atoms with Crippen molar-refractivity contribution < 1.29 is 29.1 Å². The number of nitrogens with one attached hydrogen (secondary N) is 4. The van der Waals surface area contributed by atoms with Crippen molar-refractivity contribution in [3.63, 3.8) is 0 Å². The third kappa shape index (κ3) is 9.56. The van der Waals surface area contributed by atoms with Crippen molar-refractivity contribution in [2.45, 2.75) is 70.1 Å². The van der Waals surface area contributed by atoms with Gasteiger partial charge in [0.15, 0.2) is 0 Å². The van der Waals surface area contributed by atoms with Gasteiger partial charge in [0.05, 0.1) is 6.04 Å². The van der Waals surface area contributed by atoms with Crippen molar-refractivity contribution in [1.29, 1.82) is 0 Å². The van der Waals surface area contributed by atoms with Gasteiger partial charge in [-0.2, -0.15) is 11.8 Å². The molecule has 0 aliphatic carbocycles. The molecule has 0 radical (unpaired) electrons. The Bertz CT molecular complexity index is 1190. The lowest BCUT2D eigenvalue weighted by Crippen LogP contribution is -2.58. The quantitative estimate of drug-likeness (QED) is 0.142. The van der Waals surface area contributed by atoms with Gasteiger partial charge in [0.1, 0.15) is 18.1 Å². The van der Waals surface area contributed by atoms with Crippen molar-refractivity contribution in [3.05, 3.63) is 36.0 Å². The van der Waals surface area contributed by atoms with E-state index in [4.69, 9.17) is 11.5 Å². The topological polar surface area (TPSA) is 209 Å². The lowest BCUT2D eigenvalue weighted by Gasteiger charge is -2.26. The average molecular weight is 577 g/mol. The molecule has 0 spiro atoms. The maximum absolute atomic E-state index is 13.3. The number of amides is 4. The van der Waals surface area contributed by atoms with Gasteiger partial charge in [0.25, 0.3) is 0 Å². The Balaban J connectivity index is 2.15. The predicted molar refractivity (Wildman–Crippen MR) is 154 cm³/mol. The fraction of sp³-hybridized carbons (Fsp3) is 0.519. The SMILES string of the molecule is CCC(C)C(NC(=O)C(CCSC)NC(=O)C(CCC(N)=O)NC(=O)C(N)Cc1c[nH]c2ccccc12)C(=O)O. The van der Waals surface area contributed by atoms with Gasteiger partial charge in [-0.3, -0.25) is 19.2 Å². The first kappa shape index (κ1) is 32.6. The van der Waals surface area contributed by atoms with E-state index in [1.54, 1.807) is 13.1 Å². The summed E-state index contributed by atoms with van der Waals surface area (Å²) in [5, 5.41) is 18.2. The zero-order valence-corrected chi connectivity index (χ0v) is 23.9. The van der Waals surface area contributed by atoms with E-state index in [9.17, 15) is 29.1 Å². The molecule has 2 aromatic rings. The Labute approximate surface area is 237 Å². The minimum Gasteiger partial charge on any atom is -0.480 e. The van der Waals surface area contributed by atoms with Crippen molar-refractivity contribution >= 4 is 52.3 Å². The highest BCUT2D eigenvalue weighted by molar-refractivity contribution is 7.98.